The number of hydrogen-bond acceptors (Lipinski definition) is 5. The Morgan fingerprint density at radius 3 is 2.68 bits per heavy atom. The molecule has 1 N–H and O–H groups in total. The third-order valence-electron chi connectivity index (χ3n) is 5.70. The highest BCUT2D eigenvalue weighted by atomic mass is 28.4. The van der Waals surface area contributed by atoms with Gasteiger partial charge in [-0.05, 0) is 54.7 Å². The van der Waals surface area contributed by atoms with Crippen LogP contribution in [0.25, 0.3) is 0 Å². The molecule has 0 aromatic heterocycles. The number of benzene rings is 1. The summed E-state index contributed by atoms with van der Waals surface area (Å²) in [5, 5.41) is 3.83. The van der Waals surface area contributed by atoms with Gasteiger partial charge in [0.1, 0.15) is 5.75 Å². The zero-order valence-electron chi connectivity index (χ0n) is 18.3. The second-order valence-corrected chi connectivity index (χ2v) is 13.6. The van der Waals surface area contributed by atoms with Gasteiger partial charge in [0.25, 0.3) is 0 Å². The number of nitrogens with one attached hydrogen (secondary N) is 1. The van der Waals surface area contributed by atoms with Crippen molar-refractivity contribution in [1.82, 2.24) is 0 Å². The van der Waals surface area contributed by atoms with E-state index in [0.717, 1.165) is 24.3 Å². The molecular formula is C22H37NO4Si. The average Bonchev–Trinajstić information content (AvgIpc) is 3.03. The molecule has 1 aromatic carbocycles. The fourth-order valence-electron chi connectivity index (χ4n) is 3.01. The van der Waals surface area contributed by atoms with E-state index in [-0.39, 0.29) is 24.0 Å². The van der Waals surface area contributed by atoms with Crippen molar-refractivity contribution in [2.24, 2.45) is 0 Å². The first-order valence-corrected chi connectivity index (χ1v) is 13.0. The van der Waals surface area contributed by atoms with E-state index in [2.05, 4.69) is 57.9 Å². The van der Waals surface area contributed by atoms with Crippen LogP contribution in [0.4, 0.5) is 5.69 Å². The summed E-state index contributed by atoms with van der Waals surface area (Å²) in [4.78, 5) is 0. The number of methoxy groups -OCH3 is 1. The molecular weight excluding hydrogens is 370 g/mol. The molecule has 1 aromatic rings. The molecule has 0 saturated carbocycles. The van der Waals surface area contributed by atoms with Gasteiger partial charge in [-0.1, -0.05) is 26.8 Å². The lowest BCUT2D eigenvalue weighted by atomic mass is 10.0. The summed E-state index contributed by atoms with van der Waals surface area (Å²) >= 11 is 0. The monoisotopic (exact) mass is 407 g/mol. The smallest absolute Gasteiger partial charge is 0.192 e. The Morgan fingerprint density at radius 1 is 1.29 bits per heavy atom. The molecule has 1 heterocycles. The van der Waals surface area contributed by atoms with Gasteiger partial charge in [-0.25, -0.2) is 0 Å². The van der Waals surface area contributed by atoms with E-state index >= 15 is 0 Å². The van der Waals surface area contributed by atoms with Gasteiger partial charge in [-0.3, -0.25) is 0 Å². The predicted molar refractivity (Wildman–Crippen MR) is 118 cm³/mol. The Hall–Kier alpha value is -1.34. The minimum atomic E-state index is -1.86. The summed E-state index contributed by atoms with van der Waals surface area (Å²) in [6.45, 7) is 16.7. The zero-order valence-corrected chi connectivity index (χ0v) is 19.3. The predicted octanol–water partition coefficient (Wildman–Crippen LogP) is 4.99. The number of anilines is 1. The van der Waals surface area contributed by atoms with E-state index in [9.17, 15) is 0 Å². The number of rotatable bonds is 11. The SMILES string of the molecule is C=CC[C@H](O[Si](C)(C)C(C)(C)C)[C@@H]1Cc2cc(OCOCCOC)ccc2N1. The van der Waals surface area contributed by atoms with Gasteiger partial charge < -0.3 is 24.0 Å². The van der Waals surface area contributed by atoms with Crippen LogP contribution < -0.4 is 10.1 Å². The van der Waals surface area contributed by atoms with Crippen LogP contribution in [-0.4, -0.2) is 47.6 Å². The van der Waals surface area contributed by atoms with Crippen molar-refractivity contribution in [3.8, 4) is 5.75 Å². The summed E-state index contributed by atoms with van der Waals surface area (Å²) in [6, 6.07) is 6.40. The second-order valence-electron chi connectivity index (χ2n) is 8.88. The van der Waals surface area contributed by atoms with Crippen molar-refractivity contribution in [2.75, 3.05) is 32.4 Å². The van der Waals surface area contributed by atoms with E-state index in [0.29, 0.717) is 13.2 Å². The minimum absolute atomic E-state index is 0.118. The third kappa shape index (κ3) is 6.08. The highest BCUT2D eigenvalue weighted by Crippen LogP contribution is 2.39. The van der Waals surface area contributed by atoms with Gasteiger partial charge in [0, 0.05) is 12.8 Å². The minimum Gasteiger partial charge on any atom is -0.468 e. The van der Waals surface area contributed by atoms with Gasteiger partial charge in [0.05, 0.1) is 25.4 Å². The molecule has 0 amide bonds. The molecule has 5 nitrogen and oxygen atoms in total. The fourth-order valence-corrected chi connectivity index (χ4v) is 4.38. The molecule has 158 valence electrons. The average molecular weight is 408 g/mol. The highest BCUT2D eigenvalue weighted by molar-refractivity contribution is 6.74. The molecule has 0 saturated heterocycles. The number of hydrogen-bond donors (Lipinski definition) is 1. The maximum Gasteiger partial charge on any atom is 0.192 e. The van der Waals surface area contributed by atoms with Crippen molar-refractivity contribution in [3.05, 3.63) is 36.4 Å². The van der Waals surface area contributed by atoms with E-state index in [1.165, 1.54) is 5.56 Å². The van der Waals surface area contributed by atoms with E-state index in [4.69, 9.17) is 18.6 Å². The van der Waals surface area contributed by atoms with Crippen molar-refractivity contribution in [1.29, 1.82) is 0 Å². The van der Waals surface area contributed by atoms with Crippen LogP contribution in [0.5, 0.6) is 5.75 Å². The van der Waals surface area contributed by atoms with Crippen LogP contribution in [0.15, 0.2) is 30.9 Å². The topological polar surface area (TPSA) is 49.0 Å². The quantitative estimate of drug-likeness (QED) is 0.242. The molecule has 0 bridgehead atoms. The molecule has 6 heteroatoms. The standard InChI is InChI=1S/C22H37NO4Si/c1-8-9-21(27-28(6,7)22(2,3)4)20-15-17-14-18(10-11-19(17)23-20)26-16-25-13-12-24-5/h8,10-11,14,20-21,23H,1,9,12-13,15-16H2,2-7H3/t20-,21-/m0/s1. The molecule has 28 heavy (non-hydrogen) atoms. The Labute approximate surface area is 171 Å². The van der Waals surface area contributed by atoms with Gasteiger partial charge in [-0.15, -0.1) is 6.58 Å². The van der Waals surface area contributed by atoms with Crippen LogP contribution >= 0.6 is 0 Å². The number of ether oxygens (including phenoxy) is 3. The Kier molecular flexibility index (Phi) is 8.13. The van der Waals surface area contributed by atoms with Crippen LogP contribution in [-0.2, 0) is 20.3 Å². The molecule has 2 atom stereocenters. The van der Waals surface area contributed by atoms with Gasteiger partial charge >= 0.3 is 0 Å². The molecule has 0 spiro atoms. The summed E-state index contributed by atoms with van der Waals surface area (Å²) in [7, 11) is -0.200. The first-order valence-electron chi connectivity index (χ1n) is 10.1. The van der Waals surface area contributed by atoms with Crippen molar-refractivity contribution >= 4 is 14.0 Å². The van der Waals surface area contributed by atoms with Crippen LogP contribution in [0.1, 0.15) is 32.8 Å². The fraction of sp³-hybridized carbons (Fsp3) is 0.636. The molecule has 1 aliphatic rings. The molecule has 0 radical (unpaired) electrons. The molecule has 2 rings (SSSR count). The maximum absolute atomic E-state index is 6.73. The number of fused-ring (bicyclic) bond motifs is 1. The lowest BCUT2D eigenvalue weighted by Crippen LogP contribution is -2.48. The Balaban J connectivity index is 2.00. The van der Waals surface area contributed by atoms with Crippen LogP contribution in [0.3, 0.4) is 0 Å². The third-order valence-corrected chi connectivity index (χ3v) is 10.2. The second kappa shape index (κ2) is 9.92. The first-order chi connectivity index (χ1) is 13.2. The van der Waals surface area contributed by atoms with E-state index < -0.39 is 8.32 Å². The lowest BCUT2D eigenvalue weighted by Gasteiger charge is -2.40. The Morgan fingerprint density at radius 2 is 2.04 bits per heavy atom. The summed E-state index contributed by atoms with van der Waals surface area (Å²) < 4.78 is 22.8. The molecule has 0 fully saturated rings. The summed E-state index contributed by atoms with van der Waals surface area (Å²) in [6.07, 6.45) is 3.85. The lowest BCUT2D eigenvalue weighted by molar-refractivity contribution is -0.00848. The van der Waals surface area contributed by atoms with Crippen molar-refractivity contribution < 1.29 is 18.6 Å². The van der Waals surface area contributed by atoms with E-state index in [1.54, 1.807) is 7.11 Å². The van der Waals surface area contributed by atoms with Crippen LogP contribution in [0.2, 0.25) is 18.1 Å². The molecule has 1 aliphatic heterocycles. The Bertz CT molecular complexity index is 642. The maximum atomic E-state index is 6.73. The zero-order chi connectivity index (χ0) is 20.8. The van der Waals surface area contributed by atoms with Gasteiger partial charge in [0.15, 0.2) is 15.1 Å². The molecule has 0 aliphatic carbocycles. The van der Waals surface area contributed by atoms with Crippen LogP contribution in [0, 0.1) is 0 Å². The molecule has 0 unspecified atom stereocenters. The normalized spacial score (nSPS) is 17.7. The first kappa shape index (κ1) is 22.9. The van der Waals surface area contributed by atoms with Crippen molar-refractivity contribution in [3.63, 3.8) is 0 Å². The summed E-state index contributed by atoms with van der Waals surface area (Å²) in [5.74, 6) is 0.823. The van der Waals surface area contributed by atoms with Crippen molar-refractivity contribution in [2.45, 2.75) is 63.9 Å². The van der Waals surface area contributed by atoms with Gasteiger partial charge in [0.2, 0.25) is 0 Å². The van der Waals surface area contributed by atoms with Gasteiger partial charge in [-0.2, -0.15) is 0 Å². The summed E-state index contributed by atoms with van der Waals surface area (Å²) in [5.41, 5.74) is 2.41. The highest BCUT2D eigenvalue weighted by Gasteiger charge is 2.41. The largest absolute Gasteiger partial charge is 0.468 e. The van der Waals surface area contributed by atoms with E-state index in [1.807, 2.05) is 12.1 Å².